The average molecular weight is 534 g/mol. The van der Waals surface area contributed by atoms with Crippen LogP contribution in [-0.4, -0.2) is 30.5 Å². The summed E-state index contributed by atoms with van der Waals surface area (Å²) in [4.78, 5) is 17.9. The summed E-state index contributed by atoms with van der Waals surface area (Å²) in [5.41, 5.74) is 0.891. The summed E-state index contributed by atoms with van der Waals surface area (Å²) < 4.78 is 17.6. The van der Waals surface area contributed by atoms with Gasteiger partial charge >= 0.3 is 0 Å². The van der Waals surface area contributed by atoms with Gasteiger partial charge in [0, 0.05) is 11.2 Å². The summed E-state index contributed by atoms with van der Waals surface area (Å²) in [6.07, 6.45) is 11.2. The molecule has 2 atom stereocenters. The lowest BCUT2D eigenvalue weighted by Gasteiger charge is -2.60. The fourth-order valence-electron chi connectivity index (χ4n) is 6.82. The van der Waals surface area contributed by atoms with Crippen LogP contribution in [0.1, 0.15) is 44.1 Å². The first-order chi connectivity index (χ1) is 15.8. The van der Waals surface area contributed by atoms with Crippen molar-refractivity contribution in [1.29, 1.82) is 0 Å². The molecule has 172 valence electrons. The minimum Gasteiger partial charge on any atom is -0.323 e. The molecule has 4 aliphatic rings. The lowest BCUT2D eigenvalue weighted by atomic mass is 9.46. The zero-order chi connectivity index (χ0) is 22.8. The molecule has 7 nitrogen and oxygen atoms in total. The van der Waals surface area contributed by atoms with Gasteiger partial charge in [0.05, 0.1) is 29.4 Å². The SMILES string of the molecule is O=C(Nc1cnn(Cc2ccc(F)cc2Cl)c1)C12CC3CC(C1)CC(n1cnc(Br)n1)(C3)C2. The maximum atomic E-state index is 13.6. The standard InChI is InChI=1S/C23H23BrClFN6O/c24-21-27-13-32(30-21)23-7-14-3-15(8-23)6-22(5-14,12-23)20(33)29-18-9-28-31(11-18)10-16-1-2-17(26)4-19(16)25/h1-2,4,9,11,13-15H,3,5-8,10,12H2,(H,29,33). The first kappa shape index (κ1) is 21.3. The van der Waals surface area contributed by atoms with Gasteiger partial charge in [-0.25, -0.2) is 14.1 Å². The minimum atomic E-state index is -0.398. The van der Waals surface area contributed by atoms with Crippen LogP contribution in [0.5, 0.6) is 0 Å². The van der Waals surface area contributed by atoms with Crippen molar-refractivity contribution in [2.24, 2.45) is 17.3 Å². The van der Waals surface area contributed by atoms with Crippen LogP contribution in [0.2, 0.25) is 5.02 Å². The van der Waals surface area contributed by atoms with E-state index in [1.165, 1.54) is 18.6 Å². The number of halogens is 3. The molecule has 4 bridgehead atoms. The van der Waals surface area contributed by atoms with Crippen LogP contribution < -0.4 is 5.32 Å². The number of hydrogen-bond donors (Lipinski definition) is 1. The van der Waals surface area contributed by atoms with Crippen molar-refractivity contribution in [3.8, 4) is 0 Å². The molecule has 7 rings (SSSR count). The first-order valence-electron chi connectivity index (χ1n) is 11.2. The van der Waals surface area contributed by atoms with Crippen molar-refractivity contribution >= 4 is 39.1 Å². The highest BCUT2D eigenvalue weighted by molar-refractivity contribution is 9.10. The Kier molecular flexibility index (Phi) is 4.92. The van der Waals surface area contributed by atoms with Gasteiger partial charge in [0.2, 0.25) is 10.6 Å². The third-order valence-electron chi connectivity index (χ3n) is 7.70. The quantitative estimate of drug-likeness (QED) is 0.500. The summed E-state index contributed by atoms with van der Waals surface area (Å²) in [7, 11) is 0. The maximum Gasteiger partial charge on any atom is 0.230 e. The molecule has 4 aliphatic carbocycles. The Morgan fingerprint density at radius 3 is 2.76 bits per heavy atom. The van der Waals surface area contributed by atoms with Crippen LogP contribution in [0.15, 0.2) is 41.7 Å². The summed E-state index contributed by atoms with van der Waals surface area (Å²) >= 11 is 9.52. The van der Waals surface area contributed by atoms with Crippen molar-refractivity contribution in [3.05, 3.63) is 58.1 Å². The van der Waals surface area contributed by atoms with Crippen LogP contribution in [0.4, 0.5) is 10.1 Å². The molecule has 4 saturated carbocycles. The van der Waals surface area contributed by atoms with Gasteiger partial charge in [0.25, 0.3) is 0 Å². The van der Waals surface area contributed by atoms with E-state index < -0.39 is 5.41 Å². The fourth-order valence-corrected chi connectivity index (χ4v) is 7.31. The number of hydrogen-bond acceptors (Lipinski definition) is 4. The normalized spacial score (nSPS) is 30.0. The molecule has 0 saturated heterocycles. The molecule has 1 amide bonds. The summed E-state index contributed by atoms with van der Waals surface area (Å²) in [5.74, 6) is 0.759. The van der Waals surface area contributed by atoms with E-state index in [1.54, 1.807) is 29.5 Å². The smallest absolute Gasteiger partial charge is 0.230 e. The zero-order valence-electron chi connectivity index (χ0n) is 17.8. The van der Waals surface area contributed by atoms with E-state index in [0.717, 1.165) is 37.7 Å². The largest absolute Gasteiger partial charge is 0.323 e. The number of aromatic nitrogens is 5. The Hall–Kier alpha value is -2.26. The molecule has 0 radical (unpaired) electrons. The topological polar surface area (TPSA) is 77.6 Å². The van der Waals surface area contributed by atoms with Crippen LogP contribution in [0.25, 0.3) is 0 Å². The number of rotatable bonds is 5. The van der Waals surface area contributed by atoms with Crippen LogP contribution in [0, 0.1) is 23.1 Å². The second kappa shape index (κ2) is 7.63. The molecule has 2 unspecified atom stereocenters. The molecule has 10 heteroatoms. The highest BCUT2D eigenvalue weighted by Crippen LogP contribution is 2.64. The third-order valence-corrected chi connectivity index (χ3v) is 8.42. The van der Waals surface area contributed by atoms with Crippen molar-refractivity contribution in [2.45, 2.75) is 50.6 Å². The van der Waals surface area contributed by atoms with Gasteiger partial charge in [-0.2, -0.15) is 5.10 Å². The zero-order valence-corrected chi connectivity index (χ0v) is 20.2. The Balaban J connectivity index is 1.21. The molecule has 2 aromatic heterocycles. The highest BCUT2D eigenvalue weighted by Gasteiger charge is 2.61. The van der Waals surface area contributed by atoms with E-state index in [-0.39, 0.29) is 17.3 Å². The molecule has 2 heterocycles. The number of anilines is 1. The van der Waals surface area contributed by atoms with E-state index in [4.69, 9.17) is 11.6 Å². The summed E-state index contributed by atoms with van der Waals surface area (Å²) in [6, 6.07) is 4.32. The van der Waals surface area contributed by atoms with Crippen molar-refractivity contribution in [2.75, 3.05) is 5.32 Å². The molecular formula is C23H23BrClFN6O. The van der Waals surface area contributed by atoms with Crippen molar-refractivity contribution in [3.63, 3.8) is 0 Å². The van der Waals surface area contributed by atoms with Crippen molar-refractivity contribution in [1.82, 2.24) is 24.5 Å². The van der Waals surface area contributed by atoms with E-state index >= 15 is 0 Å². The van der Waals surface area contributed by atoms with Gasteiger partial charge in [-0.3, -0.25) is 9.48 Å². The third kappa shape index (κ3) is 3.69. The Bertz CT molecular complexity index is 1230. The Labute approximate surface area is 203 Å². The molecule has 1 aromatic carbocycles. The van der Waals surface area contributed by atoms with Gasteiger partial charge in [-0.1, -0.05) is 17.7 Å². The lowest BCUT2D eigenvalue weighted by Crippen LogP contribution is -2.60. The molecule has 4 fully saturated rings. The van der Waals surface area contributed by atoms with Gasteiger partial charge in [-0.15, -0.1) is 5.10 Å². The maximum absolute atomic E-state index is 13.6. The summed E-state index contributed by atoms with van der Waals surface area (Å²) in [6.45, 7) is 0.397. The lowest BCUT2D eigenvalue weighted by molar-refractivity contribution is -0.150. The monoisotopic (exact) mass is 532 g/mol. The predicted octanol–water partition coefficient (Wildman–Crippen LogP) is 5.01. The van der Waals surface area contributed by atoms with E-state index in [2.05, 4.69) is 36.4 Å². The average Bonchev–Trinajstić information content (AvgIpc) is 3.38. The van der Waals surface area contributed by atoms with E-state index in [1.807, 2.05) is 4.68 Å². The first-order valence-corrected chi connectivity index (χ1v) is 12.4. The van der Waals surface area contributed by atoms with E-state index in [0.29, 0.717) is 33.8 Å². The van der Waals surface area contributed by atoms with Crippen molar-refractivity contribution < 1.29 is 9.18 Å². The second-order valence-electron chi connectivity index (χ2n) is 10.0. The van der Waals surface area contributed by atoms with Crippen LogP contribution in [0.3, 0.4) is 0 Å². The summed E-state index contributed by atoms with van der Waals surface area (Å²) in [5, 5.41) is 12.4. The predicted molar refractivity (Wildman–Crippen MR) is 124 cm³/mol. The molecule has 0 aliphatic heterocycles. The molecule has 33 heavy (non-hydrogen) atoms. The van der Waals surface area contributed by atoms with Gasteiger partial charge < -0.3 is 5.32 Å². The van der Waals surface area contributed by atoms with Gasteiger partial charge in [-0.05, 0) is 84.0 Å². The number of nitrogens with one attached hydrogen (secondary N) is 1. The number of carbonyl (C=O) groups is 1. The van der Waals surface area contributed by atoms with Crippen LogP contribution in [-0.2, 0) is 16.9 Å². The van der Waals surface area contributed by atoms with Crippen LogP contribution >= 0.6 is 27.5 Å². The molecule has 0 spiro atoms. The number of benzene rings is 1. The number of amides is 1. The molecular weight excluding hydrogens is 511 g/mol. The molecule has 1 N–H and O–H groups in total. The van der Waals surface area contributed by atoms with Gasteiger partial charge in [0.15, 0.2) is 0 Å². The van der Waals surface area contributed by atoms with Gasteiger partial charge in [0.1, 0.15) is 12.1 Å². The fraction of sp³-hybridized carbons (Fsp3) is 0.478. The number of carbonyl (C=O) groups excluding carboxylic acids is 1. The Morgan fingerprint density at radius 1 is 1.27 bits per heavy atom. The molecule has 3 aromatic rings. The minimum absolute atomic E-state index is 0.0690. The van der Waals surface area contributed by atoms with E-state index in [9.17, 15) is 9.18 Å². The second-order valence-corrected chi connectivity index (χ2v) is 11.2. The highest BCUT2D eigenvalue weighted by atomic mass is 79.9. The Morgan fingerprint density at radius 2 is 2.06 bits per heavy atom. The number of nitrogens with zero attached hydrogens (tertiary/aromatic N) is 5.